The molecule has 4 heteroatoms. The molecule has 0 aliphatic heterocycles. The number of hydrogen-bond acceptors (Lipinski definition) is 2. The fourth-order valence-electron chi connectivity index (χ4n) is 2.33. The molecule has 0 aliphatic rings. The highest BCUT2D eigenvalue weighted by Gasteiger charge is 2.14. The van der Waals surface area contributed by atoms with E-state index in [1.165, 1.54) is 11.6 Å². The molecule has 0 radical (unpaired) electrons. The number of hydrogen-bond donors (Lipinski definition) is 2. The van der Waals surface area contributed by atoms with Crippen molar-refractivity contribution in [3.05, 3.63) is 59.4 Å². The summed E-state index contributed by atoms with van der Waals surface area (Å²) < 4.78 is 13.8. The second kappa shape index (κ2) is 7.77. The first-order valence-corrected chi connectivity index (χ1v) is 7.92. The van der Waals surface area contributed by atoms with Crippen LogP contribution in [0, 0.1) is 12.7 Å². The molecule has 2 rings (SSSR count). The van der Waals surface area contributed by atoms with Gasteiger partial charge in [0.1, 0.15) is 11.9 Å². The van der Waals surface area contributed by atoms with Crippen molar-refractivity contribution in [3.8, 4) is 0 Å². The molecule has 0 aliphatic carbocycles. The standard InChI is InChI=1S/C19H23FN2O/c1-4-5-15-7-9-16(10-8-15)21-14(3)19(23)22-18-11-6-13(2)12-17(18)20/h6-12,14,21H,4-5H2,1-3H3,(H,22,23). The summed E-state index contributed by atoms with van der Waals surface area (Å²) >= 11 is 0. The van der Waals surface area contributed by atoms with E-state index in [-0.39, 0.29) is 11.6 Å². The minimum atomic E-state index is -0.465. The topological polar surface area (TPSA) is 41.1 Å². The predicted octanol–water partition coefficient (Wildman–Crippen LogP) is 4.53. The number of halogens is 1. The van der Waals surface area contributed by atoms with E-state index >= 15 is 0 Å². The Labute approximate surface area is 136 Å². The molecular formula is C19H23FN2O. The first-order chi connectivity index (χ1) is 11.0. The number of nitrogens with one attached hydrogen (secondary N) is 2. The van der Waals surface area contributed by atoms with Gasteiger partial charge < -0.3 is 10.6 Å². The van der Waals surface area contributed by atoms with Crippen LogP contribution in [0.4, 0.5) is 15.8 Å². The minimum Gasteiger partial charge on any atom is -0.374 e. The van der Waals surface area contributed by atoms with Crippen LogP contribution in [0.3, 0.4) is 0 Å². The molecule has 1 amide bonds. The molecule has 3 nitrogen and oxygen atoms in total. The summed E-state index contributed by atoms with van der Waals surface area (Å²) in [6.45, 7) is 5.70. The SMILES string of the molecule is CCCc1ccc(NC(C)C(=O)Nc2ccc(C)cc2F)cc1. The van der Waals surface area contributed by atoms with Crippen LogP contribution in [-0.2, 0) is 11.2 Å². The highest BCUT2D eigenvalue weighted by Crippen LogP contribution is 2.17. The third kappa shape index (κ3) is 4.81. The van der Waals surface area contributed by atoms with Gasteiger partial charge in [0.25, 0.3) is 0 Å². The molecule has 0 spiro atoms. The molecule has 0 saturated carbocycles. The maximum absolute atomic E-state index is 13.8. The van der Waals surface area contributed by atoms with E-state index in [4.69, 9.17) is 0 Å². The van der Waals surface area contributed by atoms with Crippen molar-refractivity contribution in [3.63, 3.8) is 0 Å². The minimum absolute atomic E-state index is 0.201. The van der Waals surface area contributed by atoms with E-state index in [0.717, 1.165) is 24.1 Å². The molecule has 122 valence electrons. The van der Waals surface area contributed by atoms with Crippen molar-refractivity contribution in [2.75, 3.05) is 10.6 Å². The summed E-state index contributed by atoms with van der Waals surface area (Å²) in [6.07, 6.45) is 2.15. The number of benzene rings is 2. The fraction of sp³-hybridized carbons (Fsp3) is 0.316. The first kappa shape index (κ1) is 17.0. The molecule has 23 heavy (non-hydrogen) atoms. The molecule has 0 aromatic heterocycles. The van der Waals surface area contributed by atoms with Gasteiger partial charge in [0, 0.05) is 5.69 Å². The molecular weight excluding hydrogens is 291 g/mol. The van der Waals surface area contributed by atoms with Crippen LogP contribution in [0.2, 0.25) is 0 Å². The van der Waals surface area contributed by atoms with E-state index in [1.807, 2.05) is 12.1 Å². The van der Waals surface area contributed by atoms with Crippen molar-refractivity contribution in [1.29, 1.82) is 0 Å². The van der Waals surface area contributed by atoms with Crippen LogP contribution in [0.25, 0.3) is 0 Å². The predicted molar refractivity (Wildman–Crippen MR) is 93.3 cm³/mol. The number of anilines is 2. The van der Waals surface area contributed by atoms with Gasteiger partial charge >= 0.3 is 0 Å². The lowest BCUT2D eigenvalue weighted by atomic mass is 10.1. The molecule has 0 heterocycles. The molecule has 2 aromatic rings. The number of carbonyl (C=O) groups is 1. The number of aryl methyl sites for hydroxylation is 2. The van der Waals surface area contributed by atoms with Crippen LogP contribution < -0.4 is 10.6 Å². The smallest absolute Gasteiger partial charge is 0.246 e. The lowest BCUT2D eigenvalue weighted by molar-refractivity contribution is -0.116. The Balaban J connectivity index is 1.96. The van der Waals surface area contributed by atoms with Crippen LogP contribution in [0.1, 0.15) is 31.4 Å². The van der Waals surface area contributed by atoms with E-state index in [2.05, 4.69) is 29.7 Å². The Hall–Kier alpha value is -2.36. The van der Waals surface area contributed by atoms with Crippen molar-refractivity contribution in [1.82, 2.24) is 0 Å². The maximum Gasteiger partial charge on any atom is 0.246 e. The van der Waals surface area contributed by atoms with Crippen LogP contribution >= 0.6 is 0 Å². The third-order valence-corrected chi connectivity index (χ3v) is 3.65. The van der Waals surface area contributed by atoms with Crippen molar-refractivity contribution in [2.45, 2.75) is 39.7 Å². The Morgan fingerprint density at radius 1 is 1.17 bits per heavy atom. The fourth-order valence-corrected chi connectivity index (χ4v) is 2.33. The third-order valence-electron chi connectivity index (χ3n) is 3.65. The molecule has 0 saturated heterocycles. The average Bonchev–Trinajstić information content (AvgIpc) is 2.52. The lowest BCUT2D eigenvalue weighted by Gasteiger charge is -2.16. The molecule has 2 aromatic carbocycles. The van der Waals surface area contributed by atoms with Crippen molar-refractivity contribution in [2.24, 2.45) is 0 Å². The Bertz CT molecular complexity index is 668. The van der Waals surface area contributed by atoms with Crippen molar-refractivity contribution < 1.29 is 9.18 Å². The van der Waals surface area contributed by atoms with E-state index in [1.54, 1.807) is 26.0 Å². The number of carbonyl (C=O) groups excluding carboxylic acids is 1. The number of amides is 1. The zero-order valence-corrected chi connectivity index (χ0v) is 13.8. The van der Waals surface area contributed by atoms with Crippen LogP contribution in [0.15, 0.2) is 42.5 Å². The molecule has 0 bridgehead atoms. The van der Waals surface area contributed by atoms with Gasteiger partial charge in [0.15, 0.2) is 0 Å². The zero-order valence-electron chi connectivity index (χ0n) is 13.8. The Morgan fingerprint density at radius 3 is 2.48 bits per heavy atom. The van der Waals surface area contributed by atoms with E-state index in [9.17, 15) is 9.18 Å². The summed E-state index contributed by atoms with van der Waals surface area (Å²) in [4.78, 5) is 12.2. The molecule has 1 unspecified atom stereocenters. The Kier molecular flexibility index (Phi) is 5.74. The van der Waals surface area contributed by atoms with Crippen LogP contribution in [0.5, 0.6) is 0 Å². The quantitative estimate of drug-likeness (QED) is 0.822. The zero-order chi connectivity index (χ0) is 16.8. The van der Waals surface area contributed by atoms with Gasteiger partial charge in [-0.25, -0.2) is 4.39 Å². The first-order valence-electron chi connectivity index (χ1n) is 7.92. The maximum atomic E-state index is 13.8. The normalized spacial score (nSPS) is 11.8. The summed E-state index contributed by atoms with van der Waals surface area (Å²) in [6, 6.07) is 12.3. The highest BCUT2D eigenvalue weighted by atomic mass is 19.1. The van der Waals surface area contributed by atoms with E-state index in [0.29, 0.717) is 0 Å². The van der Waals surface area contributed by atoms with Gasteiger partial charge in [-0.05, 0) is 55.7 Å². The summed E-state index contributed by atoms with van der Waals surface area (Å²) in [5.41, 5.74) is 3.17. The summed E-state index contributed by atoms with van der Waals surface area (Å²) in [5.74, 6) is -0.695. The summed E-state index contributed by atoms with van der Waals surface area (Å²) in [7, 11) is 0. The van der Waals surface area contributed by atoms with Gasteiger partial charge in [-0.3, -0.25) is 4.79 Å². The van der Waals surface area contributed by atoms with Crippen molar-refractivity contribution >= 4 is 17.3 Å². The average molecular weight is 314 g/mol. The lowest BCUT2D eigenvalue weighted by Crippen LogP contribution is -2.32. The van der Waals surface area contributed by atoms with Gasteiger partial charge in [-0.2, -0.15) is 0 Å². The van der Waals surface area contributed by atoms with E-state index < -0.39 is 11.9 Å². The van der Waals surface area contributed by atoms with Gasteiger partial charge in [-0.15, -0.1) is 0 Å². The number of rotatable bonds is 6. The Morgan fingerprint density at radius 2 is 1.87 bits per heavy atom. The van der Waals surface area contributed by atoms with Crippen LogP contribution in [-0.4, -0.2) is 11.9 Å². The van der Waals surface area contributed by atoms with Gasteiger partial charge in [0.2, 0.25) is 5.91 Å². The largest absolute Gasteiger partial charge is 0.374 e. The van der Waals surface area contributed by atoms with Gasteiger partial charge in [-0.1, -0.05) is 31.5 Å². The molecule has 2 N–H and O–H groups in total. The second-order valence-electron chi connectivity index (χ2n) is 5.79. The van der Waals surface area contributed by atoms with Gasteiger partial charge in [0.05, 0.1) is 5.69 Å². The second-order valence-corrected chi connectivity index (χ2v) is 5.79. The highest BCUT2D eigenvalue weighted by molar-refractivity contribution is 5.96. The summed E-state index contributed by atoms with van der Waals surface area (Å²) in [5, 5.41) is 5.74. The monoisotopic (exact) mass is 314 g/mol. The molecule has 1 atom stereocenters. The molecule has 0 fully saturated rings.